The van der Waals surface area contributed by atoms with Gasteiger partial charge in [-0.3, -0.25) is 29.4 Å². The fourth-order valence-corrected chi connectivity index (χ4v) is 4.66. The highest BCUT2D eigenvalue weighted by molar-refractivity contribution is 9.10. The first-order valence-electron chi connectivity index (χ1n) is 10.2. The summed E-state index contributed by atoms with van der Waals surface area (Å²) in [7, 11) is 0. The minimum atomic E-state index is -4.60. The topological polar surface area (TPSA) is 123 Å². The number of carbonyl (C=O) groups excluding carboxylic acids is 3. The molecule has 0 bridgehead atoms. The van der Waals surface area contributed by atoms with Gasteiger partial charge in [-0.05, 0) is 64.1 Å². The van der Waals surface area contributed by atoms with E-state index in [1.54, 1.807) is 6.07 Å². The number of carbonyl (C=O) groups is 3. The van der Waals surface area contributed by atoms with Gasteiger partial charge in [-0.2, -0.15) is 13.2 Å². The number of hydrogen-bond donors (Lipinski definition) is 1. The molecule has 14 heteroatoms. The van der Waals surface area contributed by atoms with E-state index in [0.29, 0.717) is 32.5 Å². The highest BCUT2D eigenvalue weighted by atomic mass is 79.9. The fourth-order valence-electron chi connectivity index (χ4n) is 3.28. The van der Waals surface area contributed by atoms with Gasteiger partial charge in [0.1, 0.15) is 18.1 Å². The normalized spacial score (nSPS) is 14.9. The SMILES string of the molecule is O=C(CN1C(=O)S/C(=C\c2ccc(-c3ccc([N+](=O)[O-])cc3Br)o2)C1=O)Nc1cccc(C(F)(F)F)c1. The van der Waals surface area contributed by atoms with Crippen LogP contribution in [0.4, 0.5) is 29.3 Å². The first kappa shape index (κ1) is 26.2. The number of non-ortho nitro benzene ring substituents is 1. The predicted molar refractivity (Wildman–Crippen MR) is 131 cm³/mol. The van der Waals surface area contributed by atoms with Crippen LogP contribution in [0.25, 0.3) is 17.4 Å². The number of amides is 3. The number of nitro benzene ring substituents is 1. The largest absolute Gasteiger partial charge is 0.457 e. The first-order chi connectivity index (χ1) is 17.4. The Bertz CT molecular complexity index is 1470. The standard InChI is InChI=1S/C23H13BrF3N3O6S/c24-17-9-14(30(34)35)4-6-16(17)18-7-5-15(36-18)10-19-21(32)29(22(33)37-19)11-20(31)28-13-3-1-2-12(8-13)23(25,26)27/h1-10H,11H2,(H,28,31)/b19-10-. The molecule has 0 saturated carbocycles. The number of thioether (sulfide) groups is 1. The lowest BCUT2D eigenvalue weighted by Crippen LogP contribution is -2.36. The highest BCUT2D eigenvalue weighted by Crippen LogP contribution is 2.36. The Labute approximate surface area is 218 Å². The lowest BCUT2D eigenvalue weighted by Gasteiger charge is -2.13. The number of nitrogens with one attached hydrogen (secondary N) is 1. The summed E-state index contributed by atoms with van der Waals surface area (Å²) in [5.41, 5.74) is -0.696. The third kappa shape index (κ3) is 5.91. The van der Waals surface area contributed by atoms with Gasteiger partial charge in [-0.25, -0.2) is 0 Å². The third-order valence-corrected chi connectivity index (χ3v) is 6.54. The number of furan rings is 1. The van der Waals surface area contributed by atoms with Gasteiger partial charge < -0.3 is 9.73 Å². The highest BCUT2D eigenvalue weighted by Gasteiger charge is 2.37. The molecule has 0 unspecified atom stereocenters. The van der Waals surface area contributed by atoms with Gasteiger partial charge in [0.05, 0.1) is 15.4 Å². The molecule has 3 aromatic rings. The van der Waals surface area contributed by atoms with Gasteiger partial charge >= 0.3 is 6.18 Å². The molecule has 3 amide bonds. The van der Waals surface area contributed by atoms with Crippen molar-refractivity contribution >= 4 is 62.2 Å². The van der Waals surface area contributed by atoms with Crippen LogP contribution in [-0.2, 0) is 15.8 Å². The van der Waals surface area contributed by atoms with Crippen molar-refractivity contribution in [1.82, 2.24) is 4.90 Å². The number of nitrogens with zero attached hydrogens (tertiary/aromatic N) is 2. The lowest BCUT2D eigenvalue weighted by atomic mass is 10.1. The van der Waals surface area contributed by atoms with Gasteiger partial charge in [0.15, 0.2) is 0 Å². The molecule has 0 radical (unpaired) electrons. The average Bonchev–Trinajstić information content (AvgIpc) is 3.38. The number of nitro groups is 1. The number of benzene rings is 2. The van der Waals surface area contributed by atoms with Crippen LogP contribution < -0.4 is 5.32 Å². The van der Waals surface area contributed by atoms with Gasteiger partial charge in [-0.1, -0.05) is 6.07 Å². The van der Waals surface area contributed by atoms with Crippen molar-refractivity contribution in [2.24, 2.45) is 0 Å². The third-order valence-electron chi connectivity index (χ3n) is 4.98. The molecule has 2 aromatic carbocycles. The quantitative estimate of drug-likeness (QED) is 0.201. The van der Waals surface area contributed by atoms with Gasteiger partial charge in [-0.15, -0.1) is 0 Å². The maximum Gasteiger partial charge on any atom is 0.416 e. The smallest absolute Gasteiger partial charge is 0.416 e. The zero-order chi connectivity index (χ0) is 26.9. The summed E-state index contributed by atoms with van der Waals surface area (Å²) < 4.78 is 44.7. The van der Waals surface area contributed by atoms with Crippen molar-refractivity contribution < 1.29 is 36.9 Å². The van der Waals surface area contributed by atoms with E-state index in [9.17, 15) is 37.7 Å². The van der Waals surface area contributed by atoms with Crippen molar-refractivity contribution in [1.29, 1.82) is 0 Å². The Morgan fingerprint density at radius 3 is 2.59 bits per heavy atom. The molecule has 2 heterocycles. The zero-order valence-corrected chi connectivity index (χ0v) is 20.6. The van der Waals surface area contributed by atoms with Crippen LogP contribution >= 0.6 is 27.7 Å². The van der Waals surface area contributed by atoms with Crippen LogP contribution in [0.3, 0.4) is 0 Å². The van der Waals surface area contributed by atoms with Crippen molar-refractivity contribution in [3.05, 3.63) is 85.4 Å². The molecule has 190 valence electrons. The zero-order valence-electron chi connectivity index (χ0n) is 18.2. The molecular weight excluding hydrogens is 583 g/mol. The Balaban J connectivity index is 1.45. The van der Waals surface area contributed by atoms with Crippen LogP contribution in [0, 0.1) is 10.1 Å². The molecule has 0 atom stereocenters. The van der Waals surface area contributed by atoms with Gasteiger partial charge in [0.2, 0.25) is 5.91 Å². The maximum atomic E-state index is 12.9. The van der Waals surface area contributed by atoms with E-state index in [1.807, 2.05) is 0 Å². The number of halogens is 4. The molecule has 1 saturated heterocycles. The minimum absolute atomic E-state index is 0.0273. The molecule has 1 N–H and O–H groups in total. The lowest BCUT2D eigenvalue weighted by molar-refractivity contribution is -0.384. The van der Waals surface area contributed by atoms with Crippen molar-refractivity contribution in [3.8, 4) is 11.3 Å². The number of hydrogen-bond acceptors (Lipinski definition) is 7. The molecule has 37 heavy (non-hydrogen) atoms. The monoisotopic (exact) mass is 595 g/mol. The van der Waals surface area contributed by atoms with Crippen LogP contribution in [0.2, 0.25) is 0 Å². The Hall–Kier alpha value is -3.91. The number of alkyl halides is 3. The van der Waals surface area contributed by atoms with E-state index in [1.165, 1.54) is 36.4 Å². The molecule has 0 spiro atoms. The number of imide groups is 1. The van der Waals surface area contributed by atoms with Crippen LogP contribution in [0.1, 0.15) is 11.3 Å². The second-order valence-corrected chi connectivity index (χ2v) is 9.37. The Morgan fingerprint density at radius 1 is 1.16 bits per heavy atom. The Kier molecular flexibility index (Phi) is 7.23. The Morgan fingerprint density at radius 2 is 1.92 bits per heavy atom. The number of anilines is 1. The van der Waals surface area contributed by atoms with Gasteiger partial charge in [0, 0.05) is 33.9 Å². The molecule has 9 nitrogen and oxygen atoms in total. The molecule has 1 fully saturated rings. The summed E-state index contributed by atoms with van der Waals surface area (Å²) in [5, 5.41) is 12.4. The molecule has 1 aliphatic rings. The molecule has 4 rings (SSSR count). The summed E-state index contributed by atoms with van der Waals surface area (Å²) in [5.74, 6) is -1.08. The summed E-state index contributed by atoms with van der Waals surface area (Å²) >= 11 is 3.82. The second-order valence-electron chi connectivity index (χ2n) is 7.52. The molecule has 1 aromatic heterocycles. The average molecular weight is 596 g/mol. The van der Waals surface area contributed by atoms with Crippen molar-refractivity contribution in [3.63, 3.8) is 0 Å². The van der Waals surface area contributed by atoms with Crippen LogP contribution in [0.5, 0.6) is 0 Å². The van der Waals surface area contributed by atoms with Crippen LogP contribution in [-0.4, -0.2) is 33.4 Å². The fraction of sp³-hybridized carbons (Fsp3) is 0.0870. The van der Waals surface area contributed by atoms with Crippen molar-refractivity contribution in [2.75, 3.05) is 11.9 Å². The van der Waals surface area contributed by atoms with Gasteiger partial charge in [0.25, 0.3) is 16.8 Å². The first-order valence-corrected chi connectivity index (χ1v) is 11.8. The van der Waals surface area contributed by atoms with E-state index in [0.717, 1.165) is 18.2 Å². The van der Waals surface area contributed by atoms with E-state index >= 15 is 0 Å². The van der Waals surface area contributed by atoms with E-state index in [2.05, 4.69) is 21.2 Å². The summed E-state index contributed by atoms with van der Waals surface area (Å²) in [6, 6.07) is 11.2. The molecule has 1 aliphatic heterocycles. The maximum absolute atomic E-state index is 12.9. The second kappa shape index (κ2) is 10.2. The van der Waals surface area contributed by atoms with Crippen molar-refractivity contribution in [2.45, 2.75) is 6.18 Å². The van der Waals surface area contributed by atoms with E-state index < -0.39 is 40.3 Å². The summed E-state index contributed by atoms with van der Waals surface area (Å²) in [6.45, 7) is -0.697. The molecular formula is C23H13BrF3N3O6S. The number of rotatable bonds is 6. The van der Waals surface area contributed by atoms with E-state index in [-0.39, 0.29) is 22.0 Å². The van der Waals surface area contributed by atoms with Crippen LogP contribution in [0.15, 0.2) is 68.4 Å². The predicted octanol–water partition coefficient (Wildman–Crippen LogP) is 6.31. The van der Waals surface area contributed by atoms with E-state index in [4.69, 9.17) is 4.42 Å². The summed E-state index contributed by atoms with van der Waals surface area (Å²) in [6.07, 6.45) is -3.30. The molecule has 0 aliphatic carbocycles. The summed E-state index contributed by atoms with van der Waals surface area (Å²) in [4.78, 5) is 48.3. The minimum Gasteiger partial charge on any atom is -0.457 e.